The van der Waals surface area contributed by atoms with E-state index in [1.807, 2.05) is 48.2 Å². The van der Waals surface area contributed by atoms with Gasteiger partial charge in [-0.15, -0.1) is 0 Å². The van der Waals surface area contributed by atoms with E-state index in [1.165, 1.54) is 0 Å². The summed E-state index contributed by atoms with van der Waals surface area (Å²) >= 11 is 5.96. The van der Waals surface area contributed by atoms with Crippen molar-refractivity contribution in [1.29, 1.82) is 0 Å². The predicted molar refractivity (Wildman–Crippen MR) is 103 cm³/mol. The van der Waals surface area contributed by atoms with Crippen molar-refractivity contribution in [2.45, 2.75) is 31.8 Å². The Hall–Kier alpha value is -2.04. The molecule has 3 rings (SSSR count). The van der Waals surface area contributed by atoms with Gasteiger partial charge < -0.3 is 14.7 Å². The molecule has 138 valence electrons. The highest BCUT2D eigenvalue weighted by Gasteiger charge is 2.32. The van der Waals surface area contributed by atoms with E-state index in [1.54, 1.807) is 12.1 Å². The SMILES string of the molecule is Cc1cccc(C(=O)N2CCCC(O)(COc3cccc(Cl)c3)CC2)c1. The molecule has 1 amide bonds. The summed E-state index contributed by atoms with van der Waals surface area (Å²) in [7, 11) is 0. The lowest BCUT2D eigenvalue weighted by Crippen LogP contribution is -2.38. The van der Waals surface area contributed by atoms with Gasteiger partial charge in [0, 0.05) is 23.7 Å². The number of carbonyl (C=O) groups excluding carboxylic acids is 1. The fourth-order valence-corrected chi connectivity index (χ4v) is 3.44. The van der Waals surface area contributed by atoms with Gasteiger partial charge in [0.05, 0.1) is 0 Å². The molecule has 1 saturated heterocycles. The molecule has 1 atom stereocenters. The van der Waals surface area contributed by atoms with Gasteiger partial charge in [0.25, 0.3) is 5.91 Å². The van der Waals surface area contributed by atoms with E-state index >= 15 is 0 Å². The lowest BCUT2D eigenvalue weighted by molar-refractivity contribution is -0.0163. The summed E-state index contributed by atoms with van der Waals surface area (Å²) in [5.74, 6) is 0.663. The number of halogens is 1. The minimum atomic E-state index is -0.941. The first-order valence-corrected chi connectivity index (χ1v) is 9.30. The van der Waals surface area contributed by atoms with Crippen LogP contribution in [-0.2, 0) is 0 Å². The predicted octanol–water partition coefficient (Wildman–Crippen LogP) is 4.08. The molecule has 0 aromatic heterocycles. The topological polar surface area (TPSA) is 49.8 Å². The fourth-order valence-electron chi connectivity index (χ4n) is 3.26. The number of amides is 1. The van der Waals surface area contributed by atoms with Gasteiger partial charge in [-0.1, -0.05) is 35.4 Å². The Morgan fingerprint density at radius 3 is 2.77 bits per heavy atom. The molecular weight excluding hydrogens is 350 g/mol. The minimum absolute atomic E-state index is 0.0220. The summed E-state index contributed by atoms with van der Waals surface area (Å²) in [6.07, 6.45) is 1.84. The summed E-state index contributed by atoms with van der Waals surface area (Å²) in [6.45, 7) is 3.33. The highest BCUT2D eigenvalue weighted by atomic mass is 35.5. The maximum atomic E-state index is 12.7. The first-order valence-electron chi connectivity index (χ1n) is 8.92. The van der Waals surface area contributed by atoms with E-state index in [0.29, 0.717) is 42.3 Å². The molecule has 4 nitrogen and oxygen atoms in total. The van der Waals surface area contributed by atoms with Crippen LogP contribution in [0.15, 0.2) is 48.5 Å². The van der Waals surface area contributed by atoms with E-state index in [0.717, 1.165) is 12.0 Å². The fraction of sp³-hybridized carbons (Fsp3) is 0.381. The molecule has 1 unspecified atom stereocenters. The second-order valence-corrected chi connectivity index (χ2v) is 7.42. The zero-order chi connectivity index (χ0) is 18.6. The number of hydrogen-bond donors (Lipinski definition) is 1. The Labute approximate surface area is 159 Å². The number of likely N-dealkylation sites (tertiary alicyclic amines) is 1. The second-order valence-electron chi connectivity index (χ2n) is 6.99. The molecule has 2 aromatic carbocycles. The lowest BCUT2D eigenvalue weighted by Gasteiger charge is -2.27. The van der Waals surface area contributed by atoms with Crippen LogP contribution >= 0.6 is 11.6 Å². The van der Waals surface area contributed by atoms with E-state index in [2.05, 4.69) is 0 Å². The van der Waals surface area contributed by atoms with Gasteiger partial charge in [0.2, 0.25) is 0 Å². The first kappa shape index (κ1) is 18.7. The number of ether oxygens (including phenoxy) is 1. The number of carbonyl (C=O) groups is 1. The third-order valence-corrected chi connectivity index (χ3v) is 5.01. The third-order valence-electron chi connectivity index (χ3n) is 4.77. The molecule has 0 spiro atoms. The van der Waals surface area contributed by atoms with Crippen molar-refractivity contribution in [3.63, 3.8) is 0 Å². The van der Waals surface area contributed by atoms with Crippen LogP contribution in [0.5, 0.6) is 5.75 Å². The molecule has 5 heteroatoms. The number of aliphatic hydroxyl groups is 1. The summed E-state index contributed by atoms with van der Waals surface area (Å²) in [4.78, 5) is 14.6. The van der Waals surface area contributed by atoms with Gasteiger partial charge >= 0.3 is 0 Å². The van der Waals surface area contributed by atoms with Crippen LogP contribution < -0.4 is 4.74 Å². The molecule has 0 radical (unpaired) electrons. The Morgan fingerprint density at radius 2 is 2.00 bits per heavy atom. The molecule has 1 N–H and O–H groups in total. The van der Waals surface area contributed by atoms with Gasteiger partial charge in [-0.25, -0.2) is 0 Å². The van der Waals surface area contributed by atoms with Crippen molar-refractivity contribution in [3.8, 4) is 5.75 Å². The van der Waals surface area contributed by atoms with Gasteiger partial charge in [-0.05, 0) is 56.5 Å². The van der Waals surface area contributed by atoms with Crippen LogP contribution in [0.25, 0.3) is 0 Å². The highest BCUT2D eigenvalue weighted by Crippen LogP contribution is 2.26. The van der Waals surface area contributed by atoms with Crippen molar-refractivity contribution in [2.75, 3.05) is 19.7 Å². The summed E-state index contributed by atoms with van der Waals surface area (Å²) in [6, 6.07) is 14.8. The Morgan fingerprint density at radius 1 is 1.19 bits per heavy atom. The van der Waals surface area contributed by atoms with Gasteiger partial charge in [-0.3, -0.25) is 4.79 Å². The molecule has 0 saturated carbocycles. The molecule has 0 aliphatic carbocycles. The van der Waals surface area contributed by atoms with Crippen LogP contribution in [0.1, 0.15) is 35.2 Å². The smallest absolute Gasteiger partial charge is 0.253 e. The highest BCUT2D eigenvalue weighted by molar-refractivity contribution is 6.30. The molecule has 1 heterocycles. The van der Waals surface area contributed by atoms with Gasteiger partial charge in [0.1, 0.15) is 18.0 Å². The number of benzene rings is 2. The van der Waals surface area contributed by atoms with Crippen LogP contribution in [-0.4, -0.2) is 41.2 Å². The largest absolute Gasteiger partial charge is 0.491 e. The lowest BCUT2D eigenvalue weighted by atomic mass is 9.96. The maximum Gasteiger partial charge on any atom is 0.253 e. The maximum absolute atomic E-state index is 12.7. The molecular formula is C21H24ClNO3. The van der Waals surface area contributed by atoms with Gasteiger partial charge in [-0.2, -0.15) is 0 Å². The molecule has 26 heavy (non-hydrogen) atoms. The third kappa shape index (κ3) is 4.77. The Balaban J connectivity index is 1.61. The molecule has 0 bridgehead atoms. The van der Waals surface area contributed by atoms with Crippen LogP contribution in [0.2, 0.25) is 5.02 Å². The average Bonchev–Trinajstić information content (AvgIpc) is 2.82. The number of nitrogens with zero attached hydrogens (tertiary/aromatic N) is 1. The van der Waals surface area contributed by atoms with Crippen molar-refractivity contribution in [3.05, 3.63) is 64.7 Å². The number of aryl methyl sites for hydroxylation is 1. The van der Waals surface area contributed by atoms with Crippen molar-refractivity contribution < 1.29 is 14.6 Å². The molecule has 2 aromatic rings. The zero-order valence-electron chi connectivity index (χ0n) is 15.0. The number of rotatable bonds is 4. The van der Waals surface area contributed by atoms with E-state index in [4.69, 9.17) is 16.3 Å². The Bertz CT molecular complexity index is 779. The Kier molecular flexibility index (Phi) is 5.84. The first-order chi connectivity index (χ1) is 12.5. The van der Waals surface area contributed by atoms with Gasteiger partial charge in [0.15, 0.2) is 0 Å². The van der Waals surface area contributed by atoms with Crippen LogP contribution in [0.3, 0.4) is 0 Å². The molecule has 1 aliphatic rings. The molecule has 1 aliphatic heterocycles. The van der Waals surface area contributed by atoms with E-state index in [9.17, 15) is 9.90 Å². The van der Waals surface area contributed by atoms with Crippen molar-refractivity contribution in [1.82, 2.24) is 4.90 Å². The normalized spacial score (nSPS) is 20.5. The van der Waals surface area contributed by atoms with Crippen LogP contribution in [0, 0.1) is 6.92 Å². The van der Waals surface area contributed by atoms with Crippen LogP contribution in [0.4, 0.5) is 0 Å². The second kappa shape index (κ2) is 8.11. The summed E-state index contributed by atoms with van der Waals surface area (Å²) in [5.41, 5.74) is 0.826. The molecule has 1 fully saturated rings. The monoisotopic (exact) mass is 373 g/mol. The van der Waals surface area contributed by atoms with E-state index < -0.39 is 5.60 Å². The minimum Gasteiger partial charge on any atom is -0.491 e. The quantitative estimate of drug-likeness (QED) is 0.878. The number of hydrogen-bond acceptors (Lipinski definition) is 3. The van der Waals surface area contributed by atoms with E-state index in [-0.39, 0.29) is 12.5 Å². The summed E-state index contributed by atoms with van der Waals surface area (Å²) in [5, 5.41) is 11.5. The zero-order valence-corrected chi connectivity index (χ0v) is 15.7. The summed E-state index contributed by atoms with van der Waals surface area (Å²) < 4.78 is 5.74. The van der Waals surface area contributed by atoms with Crippen molar-refractivity contribution >= 4 is 17.5 Å². The standard InChI is InChI=1S/C21H24ClNO3/c1-16-5-2-6-17(13-16)20(24)23-11-4-9-21(25,10-12-23)15-26-19-8-3-7-18(22)14-19/h2-3,5-8,13-14,25H,4,9-12,15H2,1H3. The van der Waals surface area contributed by atoms with Crippen molar-refractivity contribution in [2.24, 2.45) is 0 Å². The average molecular weight is 374 g/mol.